The van der Waals surface area contributed by atoms with Crippen molar-refractivity contribution in [2.24, 2.45) is 5.41 Å². The summed E-state index contributed by atoms with van der Waals surface area (Å²) in [7, 11) is -3.66. The predicted molar refractivity (Wildman–Crippen MR) is 145 cm³/mol. The molecule has 3 aliphatic rings. The van der Waals surface area contributed by atoms with Crippen LogP contribution in [0, 0.1) is 12.3 Å². The highest BCUT2D eigenvalue weighted by molar-refractivity contribution is 7.92. The number of aliphatic hydroxyl groups excluding tert-OH is 1. The molecule has 0 radical (unpaired) electrons. The molecule has 39 heavy (non-hydrogen) atoms. The van der Waals surface area contributed by atoms with E-state index in [0.717, 1.165) is 43.0 Å². The number of ether oxygens (including phenoxy) is 2. The second-order valence-corrected chi connectivity index (χ2v) is 12.1. The lowest BCUT2D eigenvalue weighted by atomic mass is 9.93. The van der Waals surface area contributed by atoms with Crippen LogP contribution in [0.25, 0.3) is 22.8 Å². The molecule has 0 bridgehead atoms. The fraction of sp³-hybridized carbons (Fsp3) is 0.462. The van der Waals surface area contributed by atoms with Crippen molar-refractivity contribution in [2.45, 2.75) is 32.6 Å². The van der Waals surface area contributed by atoms with Gasteiger partial charge in [-0.2, -0.15) is 0 Å². The van der Waals surface area contributed by atoms with Gasteiger partial charge in [-0.25, -0.2) is 23.1 Å². The van der Waals surface area contributed by atoms with Gasteiger partial charge in [0, 0.05) is 18.8 Å². The fourth-order valence-corrected chi connectivity index (χ4v) is 5.91. The molecule has 2 aliphatic heterocycles. The summed E-state index contributed by atoms with van der Waals surface area (Å²) in [5.41, 5.74) is 4.49. The number of nitrogens with one attached hydrogen (secondary N) is 1. The molecule has 1 aromatic carbocycles. The third-order valence-electron chi connectivity index (χ3n) is 7.46. The number of hydrogen-bond acceptors (Lipinski definition) is 10. The second kappa shape index (κ2) is 10.1. The van der Waals surface area contributed by atoms with Gasteiger partial charge < -0.3 is 19.5 Å². The van der Waals surface area contributed by atoms with Gasteiger partial charge in [0.05, 0.1) is 41.3 Å². The van der Waals surface area contributed by atoms with Crippen LogP contribution in [0.2, 0.25) is 0 Å². The molecule has 0 unspecified atom stereocenters. The molecule has 6 rings (SSSR count). The van der Waals surface area contributed by atoms with Crippen LogP contribution in [0.4, 0.5) is 11.4 Å². The van der Waals surface area contributed by atoms with Crippen molar-refractivity contribution < 1.29 is 23.0 Å². The van der Waals surface area contributed by atoms with Gasteiger partial charge in [0.1, 0.15) is 25.2 Å². The van der Waals surface area contributed by atoms with Crippen molar-refractivity contribution in [3.05, 3.63) is 48.2 Å². The third kappa shape index (κ3) is 5.55. The highest BCUT2D eigenvalue weighted by Gasteiger charge is 2.44. The van der Waals surface area contributed by atoms with Crippen molar-refractivity contribution in [1.29, 1.82) is 0 Å². The minimum atomic E-state index is -3.66. The summed E-state index contributed by atoms with van der Waals surface area (Å²) in [5, 5.41) is 17.9. The van der Waals surface area contributed by atoms with Gasteiger partial charge in [0.2, 0.25) is 10.0 Å². The smallest absolute Gasteiger partial charge is 0.234 e. The summed E-state index contributed by atoms with van der Waals surface area (Å²) in [6.45, 7) is 4.11. The van der Waals surface area contributed by atoms with Crippen LogP contribution in [-0.2, 0) is 19.5 Å². The Labute approximate surface area is 226 Å². The maximum absolute atomic E-state index is 12.3. The second-order valence-electron chi connectivity index (χ2n) is 10.3. The van der Waals surface area contributed by atoms with Crippen molar-refractivity contribution in [2.75, 3.05) is 48.3 Å². The van der Waals surface area contributed by atoms with E-state index < -0.39 is 16.6 Å². The lowest BCUT2D eigenvalue weighted by molar-refractivity contribution is 0.124. The van der Waals surface area contributed by atoms with E-state index in [1.807, 2.05) is 25.1 Å². The van der Waals surface area contributed by atoms with Gasteiger partial charge >= 0.3 is 0 Å². The maximum atomic E-state index is 12.3. The van der Waals surface area contributed by atoms with E-state index in [0.29, 0.717) is 47.3 Å². The topological polar surface area (TPSA) is 145 Å². The first-order valence-corrected chi connectivity index (χ1v) is 14.7. The zero-order valence-electron chi connectivity index (χ0n) is 21.7. The number of sulfonamides is 1. The molecule has 4 heterocycles. The SMILES string of the molecule is Cc1cc(-c2cn(-c3ccc(NS(=O)(=O)CCO)cc3N3CCC4(CC3)CC4)nn2)nc(C2=COCCO2)n1. The molecular formula is C26H31N7O5S. The Bertz CT molecular complexity index is 1510. The molecule has 13 heteroatoms. The largest absolute Gasteiger partial charge is 0.494 e. The van der Waals surface area contributed by atoms with E-state index in [2.05, 4.69) is 29.9 Å². The van der Waals surface area contributed by atoms with Crippen LogP contribution in [0.3, 0.4) is 0 Å². The number of anilines is 2. The quantitative estimate of drug-likeness (QED) is 0.427. The first-order chi connectivity index (χ1) is 18.8. The molecule has 2 aromatic heterocycles. The molecule has 2 N–H and O–H groups in total. The normalized spacial score (nSPS) is 18.3. The zero-order valence-corrected chi connectivity index (χ0v) is 22.5. The number of nitrogens with zero attached hydrogens (tertiary/aromatic N) is 6. The first kappa shape index (κ1) is 25.6. The van der Waals surface area contributed by atoms with Crippen LogP contribution in [0.5, 0.6) is 0 Å². The zero-order chi connectivity index (χ0) is 27.0. The number of aryl methyl sites for hydroxylation is 1. The minimum Gasteiger partial charge on any atom is -0.494 e. The summed E-state index contributed by atoms with van der Waals surface area (Å²) >= 11 is 0. The van der Waals surface area contributed by atoms with E-state index in [9.17, 15) is 8.42 Å². The summed E-state index contributed by atoms with van der Waals surface area (Å²) in [6.07, 6.45) is 8.12. The Morgan fingerprint density at radius 3 is 2.59 bits per heavy atom. The lowest BCUT2D eigenvalue weighted by Crippen LogP contribution is -2.35. The molecular weight excluding hydrogens is 522 g/mol. The molecule has 1 saturated heterocycles. The van der Waals surface area contributed by atoms with Crippen molar-refractivity contribution in [1.82, 2.24) is 25.0 Å². The van der Waals surface area contributed by atoms with Gasteiger partial charge in [-0.15, -0.1) is 5.10 Å². The Hall–Kier alpha value is -3.71. The first-order valence-electron chi connectivity index (χ1n) is 13.1. The highest BCUT2D eigenvalue weighted by Crippen LogP contribution is 2.54. The van der Waals surface area contributed by atoms with Crippen LogP contribution in [0.15, 0.2) is 36.7 Å². The Morgan fingerprint density at radius 2 is 1.87 bits per heavy atom. The van der Waals surface area contributed by atoms with Gasteiger partial charge in [0.15, 0.2) is 11.6 Å². The fourth-order valence-electron chi connectivity index (χ4n) is 5.08. The van der Waals surface area contributed by atoms with Gasteiger partial charge in [-0.3, -0.25) is 4.72 Å². The minimum absolute atomic E-state index is 0.364. The van der Waals surface area contributed by atoms with E-state index in [1.165, 1.54) is 19.1 Å². The third-order valence-corrected chi connectivity index (χ3v) is 8.72. The number of rotatable bonds is 8. The number of benzene rings is 1. The molecule has 2 fully saturated rings. The van der Waals surface area contributed by atoms with Crippen LogP contribution < -0.4 is 9.62 Å². The van der Waals surface area contributed by atoms with E-state index in [-0.39, 0.29) is 5.75 Å². The molecule has 12 nitrogen and oxygen atoms in total. The van der Waals surface area contributed by atoms with Crippen molar-refractivity contribution in [3.63, 3.8) is 0 Å². The van der Waals surface area contributed by atoms with E-state index in [1.54, 1.807) is 16.9 Å². The van der Waals surface area contributed by atoms with Crippen molar-refractivity contribution >= 4 is 27.2 Å². The average molecular weight is 554 g/mol. The number of aromatic nitrogens is 5. The lowest BCUT2D eigenvalue weighted by Gasteiger charge is -2.35. The maximum Gasteiger partial charge on any atom is 0.234 e. The predicted octanol–water partition coefficient (Wildman–Crippen LogP) is 2.49. The monoisotopic (exact) mass is 553 g/mol. The molecule has 206 valence electrons. The standard InChI is InChI=1S/C26H31N7O5S/c1-18-14-20(28-25(27-18)24-17-37-11-12-38-24)21-16-33(31-29-21)22-3-2-19(30-39(35,36)13-10-34)15-23(22)32-8-6-26(4-5-26)7-9-32/h2-3,14-17,30,34H,4-13H2,1H3. The van der Waals surface area contributed by atoms with Gasteiger partial charge in [-0.1, -0.05) is 5.21 Å². The summed E-state index contributed by atoms with van der Waals surface area (Å²) < 4.78 is 39.9. The van der Waals surface area contributed by atoms with E-state index in [4.69, 9.17) is 14.6 Å². The molecule has 3 aromatic rings. The van der Waals surface area contributed by atoms with Gasteiger partial charge in [0.25, 0.3) is 0 Å². The van der Waals surface area contributed by atoms with Crippen LogP contribution in [-0.4, -0.2) is 77.1 Å². The Morgan fingerprint density at radius 1 is 1.05 bits per heavy atom. The molecule has 1 saturated carbocycles. The summed E-state index contributed by atoms with van der Waals surface area (Å²) in [6, 6.07) is 7.19. The van der Waals surface area contributed by atoms with Gasteiger partial charge in [-0.05, 0) is 62.3 Å². The molecule has 0 atom stereocenters. The molecule has 1 spiro atoms. The number of piperidine rings is 1. The molecule has 1 aliphatic carbocycles. The number of hydrogen-bond donors (Lipinski definition) is 2. The number of aliphatic hydroxyl groups is 1. The summed E-state index contributed by atoms with van der Waals surface area (Å²) in [5.74, 6) is 0.525. The van der Waals surface area contributed by atoms with Crippen LogP contribution >= 0.6 is 0 Å². The Balaban J connectivity index is 1.33. The Kier molecular flexibility index (Phi) is 6.63. The highest BCUT2D eigenvalue weighted by atomic mass is 32.2. The van der Waals surface area contributed by atoms with E-state index >= 15 is 0 Å². The average Bonchev–Trinajstić information content (AvgIpc) is 3.49. The van der Waals surface area contributed by atoms with Crippen molar-refractivity contribution in [3.8, 4) is 17.1 Å². The molecule has 0 amide bonds. The van der Waals surface area contributed by atoms with Crippen LogP contribution in [0.1, 0.15) is 37.2 Å². The summed E-state index contributed by atoms with van der Waals surface area (Å²) in [4.78, 5) is 11.4.